The molecule has 0 bridgehead atoms. The number of nitrogen functional groups attached to an aromatic ring is 1. The smallest absolute Gasteiger partial charge is 0.141 e. The third-order valence-corrected chi connectivity index (χ3v) is 4.23. The Labute approximate surface area is 130 Å². The van der Waals surface area contributed by atoms with Crippen LogP contribution >= 0.6 is 31.9 Å². The number of nitrogens with two attached hydrogens (primary N) is 1. The van der Waals surface area contributed by atoms with E-state index in [1.165, 1.54) is 0 Å². The van der Waals surface area contributed by atoms with E-state index in [2.05, 4.69) is 63.8 Å². The number of nitrogens with zero attached hydrogens (tertiary/aromatic N) is 2. The maximum Gasteiger partial charge on any atom is 0.141 e. The van der Waals surface area contributed by atoms with Gasteiger partial charge in [-0.1, -0.05) is 36.7 Å². The molecule has 0 fully saturated rings. The Kier molecular flexibility index (Phi) is 3.80. The second-order valence-electron chi connectivity index (χ2n) is 5.64. The lowest BCUT2D eigenvalue weighted by molar-refractivity contribution is 0.558. The topological polar surface area (TPSA) is 43.8 Å². The Hall–Kier alpha value is -0.810. The zero-order valence-corrected chi connectivity index (χ0v) is 14.6. The molecule has 0 saturated heterocycles. The molecule has 2 aromatic rings. The van der Waals surface area contributed by atoms with Gasteiger partial charge in [-0.2, -0.15) is 5.10 Å². The van der Waals surface area contributed by atoms with Crippen LogP contribution in [0.2, 0.25) is 0 Å². The summed E-state index contributed by atoms with van der Waals surface area (Å²) in [7, 11) is 0. The van der Waals surface area contributed by atoms with Gasteiger partial charge in [0.15, 0.2) is 0 Å². The highest BCUT2D eigenvalue weighted by molar-refractivity contribution is 9.11. The average molecular weight is 387 g/mol. The minimum atomic E-state index is -0.0541. The molecule has 0 saturated carbocycles. The molecule has 0 radical (unpaired) electrons. The van der Waals surface area contributed by atoms with Gasteiger partial charge in [-0.3, -0.25) is 0 Å². The molecule has 1 aromatic heterocycles. The summed E-state index contributed by atoms with van der Waals surface area (Å²) in [5.74, 6) is 0.635. The monoisotopic (exact) mass is 385 g/mol. The van der Waals surface area contributed by atoms with Crippen LogP contribution in [0.3, 0.4) is 0 Å². The lowest BCUT2D eigenvalue weighted by Gasteiger charge is -2.15. The summed E-state index contributed by atoms with van der Waals surface area (Å²) in [6.45, 7) is 8.42. The van der Waals surface area contributed by atoms with Crippen LogP contribution in [0, 0.1) is 6.92 Å². The number of benzene rings is 1. The van der Waals surface area contributed by atoms with Gasteiger partial charge < -0.3 is 5.73 Å². The molecule has 0 unspecified atom stereocenters. The maximum absolute atomic E-state index is 6.18. The van der Waals surface area contributed by atoms with Crippen molar-refractivity contribution in [3.8, 4) is 5.69 Å². The van der Waals surface area contributed by atoms with E-state index in [0.29, 0.717) is 5.82 Å². The summed E-state index contributed by atoms with van der Waals surface area (Å²) in [4.78, 5) is 0. The molecule has 1 aromatic carbocycles. The molecule has 1 heterocycles. The van der Waals surface area contributed by atoms with Gasteiger partial charge >= 0.3 is 0 Å². The third-order valence-electron chi connectivity index (χ3n) is 2.96. The highest BCUT2D eigenvalue weighted by Crippen LogP contribution is 2.35. The highest BCUT2D eigenvalue weighted by Gasteiger charge is 2.25. The Bertz CT molecular complexity index is 624. The van der Waals surface area contributed by atoms with Crippen molar-refractivity contribution in [1.82, 2.24) is 9.78 Å². The fourth-order valence-electron chi connectivity index (χ4n) is 1.93. The molecular formula is C14H17Br2N3. The van der Waals surface area contributed by atoms with Crippen molar-refractivity contribution in [3.05, 3.63) is 38.4 Å². The Balaban J connectivity index is 2.64. The van der Waals surface area contributed by atoms with Crippen LogP contribution in [0.1, 0.15) is 32.0 Å². The molecule has 0 aliphatic heterocycles. The molecule has 5 heteroatoms. The molecule has 0 aliphatic carbocycles. The van der Waals surface area contributed by atoms with E-state index in [0.717, 1.165) is 25.9 Å². The summed E-state index contributed by atoms with van der Waals surface area (Å²) in [6, 6.07) is 6.07. The minimum absolute atomic E-state index is 0.0541. The Morgan fingerprint density at radius 3 is 2.32 bits per heavy atom. The summed E-state index contributed by atoms with van der Waals surface area (Å²) in [5, 5.41) is 4.67. The van der Waals surface area contributed by atoms with Gasteiger partial charge in [0.25, 0.3) is 0 Å². The number of rotatable bonds is 1. The van der Waals surface area contributed by atoms with Crippen LogP contribution < -0.4 is 5.73 Å². The molecule has 3 nitrogen and oxygen atoms in total. The van der Waals surface area contributed by atoms with Crippen molar-refractivity contribution in [2.45, 2.75) is 33.1 Å². The van der Waals surface area contributed by atoms with E-state index < -0.39 is 0 Å². The first-order valence-corrected chi connectivity index (χ1v) is 7.61. The van der Waals surface area contributed by atoms with Gasteiger partial charge in [0.2, 0.25) is 0 Å². The van der Waals surface area contributed by atoms with Crippen LogP contribution in [0.15, 0.2) is 27.1 Å². The SMILES string of the molecule is Cc1cc(Br)ccc1-n1nc(C(C)(C)C)c(Br)c1N. The summed E-state index contributed by atoms with van der Waals surface area (Å²) < 4.78 is 3.73. The standard InChI is InChI=1S/C14H17Br2N3/c1-8-7-9(15)5-6-10(8)19-13(17)11(16)12(18-19)14(2,3)4/h5-7H,17H2,1-4H3. The Morgan fingerprint density at radius 1 is 1.21 bits per heavy atom. The molecule has 0 spiro atoms. The van der Waals surface area contributed by atoms with Crippen molar-refractivity contribution in [2.24, 2.45) is 0 Å². The van der Waals surface area contributed by atoms with Gasteiger partial charge in [-0.15, -0.1) is 0 Å². The second-order valence-corrected chi connectivity index (χ2v) is 7.35. The first-order chi connectivity index (χ1) is 8.71. The number of hydrogen-bond donors (Lipinski definition) is 1. The first kappa shape index (κ1) is 14.6. The van der Waals surface area contributed by atoms with Crippen molar-refractivity contribution in [3.63, 3.8) is 0 Å². The van der Waals surface area contributed by atoms with Gasteiger partial charge in [0, 0.05) is 9.89 Å². The van der Waals surface area contributed by atoms with Gasteiger partial charge in [0.05, 0.1) is 15.9 Å². The second kappa shape index (κ2) is 4.94. The number of aromatic nitrogens is 2. The quantitative estimate of drug-likeness (QED) is 0.779. The van der Waals surface area contributed by atoms with E-state index in [1.807, 2.05) is 19.1 Å². The van der Waals surface area contributed by atoms with Gasteiger partial charge in [-0.05, 0) is 46.6 Å². The van der Waals surface area contributed by atoms with Gasteiger partial charge in [0.1, 0.15) is 5.82 Å². The van der Waals surface area contributed by atoms with Crippen molar-refractivity contribution >= 4 is 37.7 Å². The normalized spacial score (nSPS) is 11.9. The summed E-state index contributed by atoms with van der Waals surface area (Å²) in [6.07, 6.45) is 0. The largest absolute Gasteiger partial charge is 0.383 e. The summed E-state index contributed by atoms with van der Waals surface area (Å²) in [5.41, 5.74) is 9.21. The van der Waals surface area contributed by atoms with Crippen LogP contribution in [-0.4, -0.2) is 9.78 Å². The fourth-order valence-corrected chi connectivity index (χ4v) is 3.25. The number of anilines is 1. The van der Waals surface area contributed by atoms with Crippen LogP contribution in [0.4, 0.5) is 5.82 Å². The molecule has 2 N–H and O–H groups in total. The van der Waals surface area contributed by atoms with E-state index in [9.17, 15) is 0 Å². The Morgan fingerprint density at radius 2 is 1.84 bits per heavy atom. The molecule has 19 heavy (non-hydrogen) atoms. The predicted molar refractivity (Wildman–Crippen MR) is 86.8 cm³/mol. The molecule has 2 rings (SSSR count). The molecular weight excluding hydrogens is 370 g/mol. The molecule has 0 aliphatic rings. The molecule has 0 amide bonds. The molecule has 102 valence electrons. The van der Waals surface area contributed by atoms with Crippen LogP contribution in [-0.2, 0) is 5.41 Å². The average Bonchev–Trinajstić information content (AvgIpc) is 2.56. The predicted octanol–water partition coefficient (Wildman–Crippen LogP) is 4.59. The fraction of sp³-hybridized carbons (Fsp3) is 0.357. The lowest BCUT2D eigenvalue weighted by atomic mass is 9.92. The summed E-state index contributed by atoms with van der Waals surface area (Å²) >= 11 is 7.02. The zero-order chi connectivity index (χ0) is 14.4. The maximum atomic E-state index is 6.18. The van der Waals surface area contributed by atoms with Crippen molar-refractivity contribution < 1.29 is 0 Å². The molecule has 0 atom stereocenters. The zero-order valence-electron chi connectivity index (χ0n) is 11.5. The third kappa shape index (κ3) is 2.72. The van der Waals surface area contributed by atoms with Crippen molar-refractivity contribution in [1.29, 1.82) is 0 Å². The highest BCUT2D eigenvalue weighted by atomic mass is 79.9. The number of hydrogen-bond acceptors (Lipinski definition) is 2. The van der Waals surface area contributed by atoms with E-state index in [-0.39, 0.29) is 5.41 Å². The lowest BCUT2D eigenvalue weighted by Crippen LogP contribution is -2.13. The van der Waals surface area contributed by atoms with Crippen LogP contribution in [0.5, 0.6) is 0 Å². The van der Waals surface area contributed by atoms with Gasteiger partial charge in [-0.25, -0.2) is 4.68 Å². The minimum Gasteiger partial charge on any atom is -0.383 e. The van der Waals surface area contributed by atoms with Crippen LogP contribution in [0.25, 0.3) is 5.69 Å². The first-order valence-electron chi connectivity index (χ1n) is 6.03. The number of aryl methyl sites for hydroxylation is 1. The van der Waals surface area contributed by atoms with E-state index in [1.54, 1.807) is 4.68 Å². The van der Waals surface area contributed by atoms with E-state index >= 15 is 0 Å². The van der Waals surface area contributed by atoms with E-state index in [4.69, 9.17) is 5.73 Å². The van der Waals surface area contributed by atoms with Crippen molar-refractivity contribution in [2.75, 3.05) is 5.73 Å². The number of halogens is 2.